The van der Waals surface area contributed by atoms with Crippen molar-refractivity contribution in [1.82, 2.24) is 4.57 Å². The number of carbonyl (C=O) groups is 1. The van der Waals surface area contributed by atoms with Gasteiger partial charge in [-0.25, -0.2) is 0 Å². The Morgan fingerprint density at radius 1 is 1.22 bits per heavy atom. The number of nitrogens with zero attached hydrogens (tertiary/aromatic N) is 2. The van der Waals surface area contributed by atoms with E-state index in [1.807, 2.05) is 11.4 Å². The van der Waals surface area contributed by atoms with Crippen LogP contribution in [0.2, 0.25) is 0 Å². The molecule has 1 radical (unpaired) electrons. The van der Waals surface area contributed by atoms with Crippen molar-refractivity contribution in [3.8, 4) is 10.6 Å². The molecule has 0 saturated heterocycles. The normalized spacial score (nSPS) is 9.70. The number of hydrogen-bond donors (Lipinski definition) is 0. The van der Waals surface area contributed by atoms with Crippen LogP contribution in [-0.4, -0.2) is 10.5 Å². The third-order valence-corrected chi connectivity index (χ3v) is 4.90. The number of benzene rings is 1. The van der Waals surface area contributed by atoms with Crippen molar-refractivity contribution in [2.75, 3.05) is 0 Å². The third kappa shape index (κ3) is 4.60. The molecule has 2 aliphatic heterocycles. The molecule has 3 rings (SSSR count). The molecular weight excluding hydrogens is 405 g/mol. The Labute approximate surface area is 168 Å². The van der Waals surface area contributed by atoms with Gasteiger partial charge in [-0.15, -0.1) is 0 Å². The van der Waals surface area contributed by atoms with Crippen molar-refractivity contribution in [3.63, 3.8) is 0 Å². The maximum Gasteiger partial charge on any atom is 0.237 e. The number of hydrogen-bond acceptors (Lipinski definition) is 4. The summed E-state index contributed by atoms with van der Waals surface area (Å²) in [6.07, 6.45) is 1.25. The molecule has 119 valence electrons. The van der Waals surface area contributed by atoms with Gasteiger partial charge in [-0.3, -0.25) is 4.79 Å². The third-order valence-electron chi connectivity index (χ3n) is 2.84. The van der Waals surface area contributed by atoms with Gasteiger partial charge in [0.25, 0.3) is 0 Å². The van der Waals surface area contributed by atoms with Crippen LogP contribution < -0.4 is 5.56 Å². The first-order chi connectivity index (χ1) is 10.6. The quantitative estimate of drug-likeness (QED) is 0.553. The van der Waals surface area contributed by atoms with E-state index in [4.69, 9.17) is 0 Å². The van der Waals surface area contributed by atoms with Crippen LogP contribution in [-0.2, 0) is 39.8 Å². The Morgan fingerprint density at radius 2 is 1.83 bits per heavy atom. The molecule has 0 aromatic heterocycles. The van der Waals surface area contributed by atoms with Crippen LogP contribution in [0.3, 0.4) is 0 Å². The van der Waals surface area contributed by atoms with Gasteiger partial charge < -0.3 is 14.7 Å². The van der Waals surface area contributed by atoms with Crippen LogP contribution in [0.25, 0.3) is 15.9 Å². The van der Waals surface area contributed by atoms with Gasteiger partial charge in [-0.05, 0) is 11.3 Å². The number of carbonyl (C=O) groups excluding carboxylic acids is 1. The molecule has 2 heterocycles. The molecule has 0 N–H and O–H groups in total. The molecule has 1 aromatic carbocycles. The van der Waals surface area contributed by atoms with Crippen molar-refractivity contribution >= 4 is 32.3 Å². The van der Waals surface area contributed by atoms with Crippen molar-refractivity contribution < 1.29 is 37.5 Å². The minimum absolute atomic E-state index is 0. The van der Waals surface area contributed by atoms with E-state index in [9.17, 15) is 9.59 Å². The van der Waals surface area contributed by atoms with Gasteiger partial charge in [0.05, 0.1) is 16.5 Å². The molecule has 23 heavy (non-hydrogen) atoms. The maximum absolute atomic E-state index is 12.0. The molecule has 7 heteroatoms. The second-order valence-electron chi connectivity index (χ2n) is 4.71. The molecule has 0 fully saturated rings. The Bertz CT molecular complexity index is 777. The van der Waals surface area contributed by atoms with Gasteiger partial charge in [0.1, 0.15) is 0 Å². The molecular formula is C16H17N2O2S2Y-. The van der Waals surface area contributed by atoms with E-state index in [0.717, 1.165) is 10.6 Å². The summed E-state index contributed by atoms with van der Waals surface area (Å²) in [5.41, 5.74) is 1.34. The zero-order chi connectivity index (χ0) is 16.1. The smallest absolute Gasteiger partial charge is 0.237 e. The van der Waals surface area contributed by atoms with E-state index in [1.54, 1.807) is 31.3 Å². The Morgan fingerprint density at radius 3 is 2.43 bits per heavy atom. The average Bonchev–Trinajstić information content (AvgIpc) is 3.08. The summed E-state index contributed by atoms with van der Waals surface area (Å²) < 4.78 is 1.53. The predicted molar refractivity (Wildman–Crippen MR) is 93.8 cm³/mol. The summed E-state index contributed by atoms with van der Waals surface area (Å²) in [5.74, 6) is -0.386. The van der Waals surface area contributed by atoms with Crippen LogP contribution in [0.1, 0.15) is 30.6 Å². The summed E-state index contributed by atoms with van der Waals surface area (Å²) in [7, 11) is 4.68. The molecule has 4 nitrogen and oxygen atoms in total. The Hall–Kier alpha value is -0.816. The molecule has 1 aromatic rings. The fourth-order valence-electron chi connectivity index (χ4n) is 1.82. The minimum atomic E-state index is -0.386. The zero-order valence-electron chi connectivity index (χ0n) is 13.3. The largest absolute Gasteiger partial charge is 0.617 e. The number of aromatic nitrogens is 1. The molecule has 0 saturated carbocycles. The first-order valence-electron chi connectivity index (χ1n) is 6.97. The first-order valence-corrected chi connectivity index (χ1v) is 9.18. The van der Waals surface area contributed by atoms with Gasteiger partial charge >= 0.3 is 0 Å². The van der Waals surface area contributed by atoms with E-state index < -0.39 is 0 Å². The molecule has 2 aliphatic rings. The minimum Gasteiger partial charge on any atom is -0.617 e. The summed E-state index contributed by atoms with van der Waals surface area (Å²) in [5, 5.41) is 5.89. The maximum atomic E-state index is 12.0. The number of rotatable bonds is 2. The van der Waals surface area contributed by atoms with Crippen molar-refractivity contribution in [2.45, 2.75) is 20.3 Å². The summed E-state index contributed by atoms with van der Waals surface area (Å²) in [4.78, 5) is 24.9. The monoisotopic (exact) mass is 422 g/mol. The fourth-order valence-corrected chi connectivity index (χ4v) is 4.10. The summed E-state index contributed by atoms with van der Waals surface area (Å²) in [6, 6.07) is 8.75. The number of fused-ring (bicyclic) bond motifs is 1. The van der Waals surface area contributed by atoms with Crippen molar-refractivity contribution in [1.29, 1.82) is 0 Å². The van der Waals surface area contributed by atoms with E-state index in [1.165, 1.54) is 31.7 Å². The standard InChI is InChI=1S/C13H10N2O2S2.C3H8.Y/c1-15-9-7-18-19-11(9)10(13(15)17)14-12(16)8-5-3-2-4-6-8;1-3-2;/h2-7H,1H3,(H,14,16);3H2,1-2H3;/p-1. The summed E-state index contributed by atoms with van der Waals surface area (Å²) in [6.45, 7) is 4.25. The fraction of sp³-hybridized carbons (Fsp3) is 0.250. The van der Waals surface area contributed by atoms with Crippen molar-refractivity contribution in [2.24, 2.45) is 7.05 Å². The van der Waals surface area contributed by atoms with Crippen molar-refractivity contribution in [3.05, 3.63) is 56.9 Å². The first kappa shape index (κ1) is 20.2. The second kappa shape index (κ2) is 9.47. The topological polar surface area (TPSA) is 53.2 Å². The number of amides is 1. The molecule has 0 spiro atoms. The van der Waals surface area contributed by atoms with Crippen LogP contribution in [0.4, 0.5) is 5.69 Å². The molecule has 0 aliphatic carbocycles. The van der Waals surface area contributed by atoms with Crippen LogP contribution in [0.15, 0.2) is 40.5 Å². The SMILES string of the molecule is CCC.Cn1c2cssc-2c([N-]C(=O)c2ccccc2)c1=O.[Y]. The predicted octanol–water partition coefficient (Wildman–Crippen LogP) is 4.87. The van der Waals surface area contributed by atoms with E-state index in [2.05, 4.69) is 19.2 Å². The van der Waals surface area contributed by atoms with E-state index >= 15 is 0 Å². The van der Waals surface area contributed by atoms with Crippen LogP contribution in [0, 0.1) is 0 Å². The zero-order valence-corrected chi connectivity index (χ0v) is 17.7. The molecule has 0 unspecified atom stereocenters. The Kier molecular flexibility index (Phi) is 8.33. The van der Waals surface area contributed by atoms with Crippen LogP contribution in [0.5, 0.6) is 0 Å². The van der Waals surface area contributed by atoms with E-state index in [0.29, 0.717) is 5.56 Å². The van der Waals surface area contributed by atoms with Gasteiger partial charge in [-0.1, -0.05) is 71.3 Å². The molecule has 0 atom stereocenters. The molecule has 0 bridgehead atoms. The van der Waals surface area contributed by atoms with E-state index in [-0.39, 0.29) is 49.9 Å². The average molecular weight is 422 g/mol. The van der Waals surface area contributed by atoms with Gasteiger partial charge in [0.15, 0.2) is 0 Å². The van der Waals surface area contributed by atoms with Crippen LogP contribution >= 0.6 is 20.7 Å². The van der Waals surface area contributed by atoms with Gasteiger partial charge in [-0.2, -0.15) is 0 Å². The second-order valence-corrected chi connectivity index (χ2v) is 6.80. The molecule has 1 amide bonds. The van der Waals surface area contributed by atoms with Gasteiger partial charge in [0, 0.05) is 45.1 Å². The summed E-state index contributed by atoms with van der Waals surface area (Å²) >= 11 is 0. The Balaban J connectivity index is 0.000000615. The van der Waals surface area contributed by atoms with Gasteiger partial charge in [0.2, 0.25) is 5.56 Å².